The summed E-state index contributed by atoms with van der Waals surface area (Å²) in [6.07, 6.45) is 0. The SMILES string of the molecule is NCc1cc(F)c(I)cc1Cl. The van der Waals surface area contributed by atoms with Gasteiger partial charge in [0.05, 0.1) is 3.57 Å². The molecule has 1 aromatic rings. The fourth-order valence-corrected chi connectivity index (χ4v) is 1.61. The standard InChI is InChI=1S/C7H6ClFIN/c8-5-2-7(10)6(9)1-4(5)3-11/h1-2H,3,11H2. The molecule has 0 aliphatic rings. The van der Waals surface area contributed by atoms with Gasteiger partial charge in [-0.15, -0.1) is 0 Å². The average Bonchev–Trinajstić information content (AvgIpc) is 1.97. The highest BCUT2D eigenvalue weighted by molar-refractivity contribution is 14.1. The van der Waals surface area contributed by atoms with Gasteiger partial charge in [-0.05, 0) is 40.3 Å². The Hall–Kier alpha value is 0.130. The topological polar surface area (TPSA) is 26.0 Å². The summed E-state index contributed by atoms with van der Waals surface area (Å²) < 4.78 is 13.3. The maximum absolute atomic E-state index is 12.8. The van der Waals surface area contributed by atoms with Crippen molar-refractivity contribution in [2.75, 3.05) is 0 Å². The van der Waals surface area contributed by atoms with Gasteiger partial charge in [0.25, 0.3) is 0 Å². The van der Waals surface area contributed by atoms with Crippen molar-refractivity contribution in [2.24, 2.45) is 5.73 Å². The highest BCUT2D eigenvalue weighted by atomic mass is 127. The third-order valence-corrected chi connectivity index (χ3v) is 2.49. The molecule has 0 aliphatic carbocycles. The molecule has 0 bridgehead atoms. The molecule has 0 atom stereocenters. The van der Waals surface area contributed by atoms with Crippen LogP contribution < -0.4 is 5.73 Å². The minimum atomic E-state index is -0.268. The van der Waals surface area contributed by atoms with E-state index in [1.165, 1.54) is 6.07 Å². The van der Waals surface area contributed by atoms with Crippen molar-refractivity contribution in [2.45, 2.75) is 6.54 Å². The molecular weight excluding hydrogens is 279 g/mol. The van der Waals surface area contributed by atoms with E-state index in [4.69, 9.17) is 17.3 Å². The molecule has 1 nitrogen and oxygen atoms in total. The minimum absolute atomic E-state index is 0.268. The lowest BCUT2D eigenvalue weighted by Gasteiger charge is -2.01. The molecular formula is C7H6ClFIN. The van der Waals surface area contributed by atoms with E-state index < -0.39 is 0 Å². The molecule has 1 rings (SSSR count). The predicted molar refractivity (Wildman–Crippen MR) is 52.0 cm³/mol. The van der Waals surface area contributed by atoms with Crippen molar-refractivity contribution in [3.63, 3.8) is 0 Å². The van der Waals surface area contributed by atoms with E-state index in [2.05, 4.69) is 0 Å². The molecule has 0 amide bonds. The van der Waals surface area contributed by atoms with E-state index in [0.29, 0.717) is 14.2 Å². The Bertz CT molecular complexity index is 277. The summed E-state index contributed by atoms with van der Waals surface area (Å²) in [6.45, 7) is 0.271. The highest BCUT2D eigenvalue weighted by Crippen LogP contribution is 2.21. The third-order valence-electron chi connectivity index (χ3n) is 1.31. The second kappa shape index (κ2) is 3.69. The van der Waals surface area contributed by atoms with Gasteiger partial charge >= 0.3 is 0 Å². The number of rotatable bonds is 1. The monoisotopic (exact) mass is 285 g/mol. The second-order valence-electron chi connectivity index (χ2n) is 2.06. The molecule has 11 heavy (non-hydrogen) atoms. The van der Waals surface area contributed by atoms with Crippen LogP contribution in [-0.2, 0) is 6.54 Å². The maximum Gasteiger partial charge on any atom is 0.136 e. The van der Waals surface area contributed by atoms with E-state index in [9.17, 15) is 4.39 Å². The zero-order valence-electron chi connectivity index (χ0n) is 5.57. The zero-order valence-corrected chi connectivity index (χ0v) is 8.49. The Labute approximate surface area is 82.9 Å². The Kier molecular flexibility index (Phi) is 3.09. The van der Waals surface area contributed by atoms with Gasteiger partial charge in [-0.1, -0.05) is 11.6 Å². The van der Waals surface area contributed by atoms with E-state index in [-0.39, 0.29) is 12.4 Å². The molecule has 0 saturated heterocycles. The number of hydrogen-bond donors (Lipinski definition) is 1. The number of nitrogens with two attached hydrogens (primary N) is 1. The fourth-order valence-electron chi connectivity index (χ4n) is 0.720. The van der Waals surface area contributed by atoms with E-state index in [1.54, 1.807) is 6.07 Å². The Morgan fingerprint density at radius 3 is 2.73 bits per heavy atom. The molecule has 0 radical (unpaired) electrons. The summed E-state index contributed by atoms with van der Waals surface area (Å²) in [5.74, 6) is -0.268. The van der Waals surface area contributed by atoms with Crippen LogP contribution in [0.5, 0.6) is 0 Å². The summed E-state index contributed by atoms with van der Waals surface area (Å²) in [5, 5.41) is 0.526. The number of halogens is 3. The molecule has 0 fully saturated rings. The smallest absolute Gasteiger partial charge is 0.136 e. The van der Waals surface area contributed by atoms with Crippen molar-refractivity contribution >= 4 is 34.2 Å². The summed E-state index contributed by atoms with van der Waals surface area (Å²) in [7, 11) is 0. The minimum Gasteiger partial charge on any atom is -0.326 e. The Morgan fingerprint density at radius 2 is 2.18 bits per heavy atom. The molecule has 1 aromatic carbocycles. The summed E-state index contributed by atoms with van der Waals surface area (Å²) in [4.78, 5) is 0. The van der Waals surface area contributed by atoms with Crippen LogP contribution in [0.1, 0.15) is 5.56 Å². The van der Waals surface area contributed by atoms with Crippen LogP contribution in [-0.4, -0.2) is 0 Å². The molecule has 4 heteroatoms. The van der Waals surface area contributed by atoms with Gasteiger partial charge in [-0.25, -0.2) is 4.39 Å². The van der Waals surface area contributed by atoms with Crippen molar-refractivity contribution in [1.29, 1.82) is 0 Å². The first kappa shape index (κ1) is 9.22. The lowest BCUT2D eigenvalue weighted by Crippen LogP contribution is -1.98. The van der Waals surface area contributed by atoms with Crippen molar-refractivity contribution in [3.8, 4) is 0 Å². The van der Waals surface area contributed by atoms with E-state index in [1.807, 2.05) is 22.6 Å². The van der Waals surface area contributed by atoms with Gasteiger partial charge in [0, 0.05) is 11.6 Å². The van der Waals surface area contributed by atoms with Crippen LogP contribution >= 0.6 is 34.2 Å². The summed E-state index contributed by atoms with van der Waals surface area (Å²) in [6, 6.07) is 2.93. The Balaban J connectivity index is 3.21. The molecule has 0 aliphatic heterocycles. The van der Waals surface area contributed by atoms with Gasteiger partial charge in [-0.3, -0.25) is 0 Å². The fraction of sp³-hybridized carbons (Fsp3) is 0.143. The van der Waals surface area contributed by atoms with Gasteiger partial charge in [-0.2, -0.15) is 0 Å². The summed E-state index contributed by atoms with van der Waals surface area (Å²) in [5.41, 5.74) is 5.96. The maximum atomic E-state index is 12.8. The molecule has 2 N–H and O–H groups in total. The summed E-state index contributed by atoms with van der Waals surface area (Å²) >= 11 is 7.63. The predicted octanol–water partition coefficient (Wildman–Crippen LogP) is 2.54. The quantitative estimate of drug-likeness (QED) is 0.623. The van der Waals surface area contributed by atoms with E-state index in [0.717, 1.165) is 0 Å². The van der Waals surface area contributed by atoms with Crippen LogP contribution in [0, 0.1) is 9.39 Å². The van der Waals surface area contributed by atoms with Crippen LogP contribution in [0.3, 0.4) is 0 Å². The third kappa shape index (κ3) is 2.04. The molecule has 60 valence electrons. The first-order valence-corrected chi connectivity index (χ1v) is 4.44. The van der Waals surface area contributed by atoms with Gasteiger partial charge < -0.3 is 5.73 Å². The van der Waals surface area contributed by atoms with Crippen LogP contribution in [0.15, 0.2) is 12.1 Å². The molecule has 0 aromatic heterocycles. The van der Waals surface area contributed by atoms with Crippen molar-refractivity contribution < 1.29 is 4.39 Å². The normalized spacial score (nSPS) is 10.2. The van der Waals surface area contributed by atoms with Gasteiger partial charge in [0.1, 0.15) is 5.82 Å². The van der Waals surface area contributed by atoms with Crippen molar-refractivity contribution in [3.05, 3.63) is 32.1 Å². The Morgan fingerprint density at radius 1 is 1.55 bits per heavy atom. The number of benzene rings is 1. The van der Waals surface area contributed by atoms with Crippen LogP contribution in [0.4, 0.5) is 4.39 Å². The van der Waals surface area contributed by atoms with E-state index >= 15 is 0 Å². The second-order valence-corrected chi connectivity index (χ2v) is 3.63. The first-order chi connectivity index (χ1) is 5.15. The van der Waals surface area contributed by atoms with Gasteiger partial charge in [0.15, 0.2) is 0 Å². The average molecular weight is 285 g/mol. The molecule has 0 unspecified atom stereocenters. The van der Waals surface area contributed by atoms with Gasteiger partial charge in [0.2, 0.25) is 0 Å². The van der Waals surface area contributed by atoms with Crippen molar-refractivity contribution in [1.82, 2.24) is 0 Å². The lowest BCUT2D eigenvalue weighted by molar-refractivity contribution is 0.618. The first-order valence-electron chi connectivity index (χ1n) is 2.98. The molecule has 0 heterocycles. The highest BCUT2D eigenvalue weighted by Gasteiger charge is 2.04. The lowest BCUT2D eigenvalue weighted by atomic mass is 10.2. The van der Waals surface area contributed by atoms with Crippen LogP contribution in [0.2, 0.25) is 5.02 Å². The zero-order chi connectivity index (χ0) is 8.43. The van der Waals surface area contributed by atoms with Crippen LogP contribution in [0.25, 0.3) is 0 Å². The molecule has 0 saturated carbocycles. The number of hydrogen-bond acceptors (Lipinski definition) is 1. The molecule has 0 spiro atoms. The largest absolute Gasteiger partial charge is 0.326 e.